The van der Waals surface area contributed by atoms with E-state index in [1.165, 1.54) is 78.7 Å². The average molecular weight is 421 g/mol. The summed E-state index contributed by atoms with van der Waals surface area (Å²) in [5.74, 6) is 1.33. The topological polar surface area (TPSA) is 17.8 Å². The lowest BCUT2D eigenvalue weighted by molar-refractivity contribution is 0.205. The number of aryl methyl sites for hydroxylation is 1. The van der Waals surface area contributed by atoms with Crippen LogP contribution < -0.4 is 0 Å². The highest BCUT2D eigenvalue weighted by molar-refractivity contribution is 6.07. The molecule has 0 amide bonds. The molecule has 0 saturated heterocycles. The average Bonchev–Trinajstić information content (AvgIpc) is 3.12. The first-order valence-corrected chi connectivity index (χ1v) is 12.8. The molecular formula is C29H44N2. The van der Waals surface area contributed by atoms with Crippen LogP contribution in [-0.2, 0) is 6.54 Å². The van der Waals surface area contributed by atoms with Gasteiger partial charge in [0.05, 0.1) is 5.52 Å². The molecule has 2 heteroatoms. The molecule has 0 aliphatic carbocycles. The summed E-state index contributed by atoms with van der Waals surface area (Å²) in [4.78, 5) is 4.45. The monoisotopic (exact) mass is 420 g/mol. The summed E-state index contributed by atoms with van der Waals surface area (Å²) in [6, 6.07) is 9.49. The molecule has 0 fully saturated rings. The van der Waals surface area contributed by atoms with Crippen molar-refractivity contribution in [1.82, 2.24) is 9.55 Å². The fraction of sp³-hybridized carbons (Fsp3) is 0.621. The lowest BCUT2D eigenvalue weighted by Crippen LogP contribution is -2.23. The number of rotatable bonds is 12. The minimum absolute atomic E-state index is 0.426. The Labute approximate surface area is 190 Å². The second-order valence-corrected chi connectivity index (χ2v) is 10.1. The number of pyridine rings is 1. The molecule has 0 saturated carbocycles. The summed E-state index contributed by atoms with van der Waals surface area (Å²) < 4.78 is 2.43. The normalized spacial score (nSPS) is 15.9. The first kappa shape index (κ1) is 23.8. The molecule has 0 aliphatic rings. The zero-order valence-electron chi connectivity index (χ0n) is 20.9. The molecule has 0 spiro atoms. The molecule has 2 aromatic heterocycles. The number of hydrogen-bond acceptors (Lipinski definition) is 1. The molecule has 0 bridgehead atoms. The van der Waals surface area contributed by atoms with Gasteiger partial charge in [0.1, 0.15) is 0 Å². The molecule has 0 aliphatic heterocycles. The van der Waals surface area contributed by atoms with Gasteiger partial charge in [-0.15, -0.1) is 0 Å². The Hall–Kier alpha value is -1.83. The zero-order chi connectivity index (χ0) is 22.4. The first-order chi connectivity index (χ1) is 15.0. The fourth-order valence-electron chi connectivity index (χ4n) is 5.47. The van der Waals surface area contributed by atoms with E-state index in [9.17, 15) is 0 Å². The van der Waals surface area contributed by atoms with Crippen LogP contribution in [0.25, 0.3) is 21.8 Å². The molecule has 31 heavy (non-hydrogen) atoms. The van der Waals surface area contributed by atoms with Crippen LogP contribution in [0.5, 0.6) is 0 Å². The van der Waals surface area contributed by atoms with E-state index in [4.69, 9.17) is 0 Å². The highest BCUT2D eigenvalue weighted by Crippen LogP contribution is 2.44. The Morgan fingerprint density at radius 3 is 2.39 bits per heavy atom. The molecule has 0 radical (unpaired) electrons. The molecule has 3 atom stereocenters. The molecule has 170 valence electrons. The van der Waals surface area contributed by atoms with Gasteiger partial charge in [-0.25, -0.2) is 0 Å². The second-order valence-electron chi connectivity index (χ2n) is 10.1. The van der Waals surface area contributed by atoms with E-state index in [1.54, 1.807) is 0 Å². The van der Waals surface area contributed by atoms with E-state index in [-0.39, 0.29) is 0 Å². The van der Waals surface area contributed by atoms with E-state index >= 15 is 0 Å². The quantitative estimate of drug-likeness (QED) is 0.285. The van der Waals surface area contributed by atoms with Crippen molar-refractivity contribution in [3.63, 3.8) is 0 Å². The summed E-state index contributed by atoms with van der Waals surface area (Å²) in [5, 5.41) is 2.67. The standard InChI is InChI=1S/C29H44N2/c1-7-11-13-22(5)25(20-29(6,9-3)17-12-8-2)23-14-15-27-24(19-23)26-21-30-18-16-28(26)31(27)10-4/h14-16,18-19,21-22,25H,7-13,17,20H2,1-6H3. The molecule has 3 unspecified atom stereocenters. The predicted molar refractivity (Wildman–Crippen MR) is 137 cm³/mol. The third-order valence-electron chi connectivity index (χ3n) is 7.83. The van der Waals surface area contributed by atoms with Gasteiger partial charge in [-0.2, -0.15) is 0 Å². The van der Waals surface area contributed by atoms with Crippen molar-refractivity contribution in [1.29, 1.82) is 0 Å². The van der Waals surface area contributed by atoms with Crippen LogP contribution in [0.3, 0.4) is 0 Å². The van der Waals surface area contributed by atoms with Crippen molar-refractivity contribution in [2.45, 2.75) is 105 Å². The van der Waals surface area contributed by atoms with Crippen molar-refractivity contribution in [3.05, 3.63) is 42.2 Å². The van der Waals surface area contributed by atoms with Crippen molar-refractivity contribution in [3.8, 4) is 0 Å². The maximum absolute atomic E-state index is 4.45. The minimum Gasteiger partial charge on any atom is -0.341 e. The minimum atomic E-state index is 0.426. The third-order valence-corrected chi connectivity index (χ3v) is 7.83. The molecule has 2 heterocycles. The van der Waals surface area contributed by atoms with Crippen LogP contribution in [0.2, 0.25) is 0 Å². The van der Waals surface area contributed by atoms with Crippen molar-refractivity contribution in [2.75, 3.05) is 0 Å². The van der Waals surface area contributed by atoms with Crippen LogP contribution in [0.15, 0.2) is 36.7 Å². The number of fused-ring (bicyclic) bond motifs is 3. The Morgan fingerprint density at radius 2 is 1.71 bits per heavy atom. The van der Waals surface area contributed by atoms with Crippen LogP contribution in [0.1, 0.15) is 104 Å². The number of hydrogen-bond donors (Lipinski definition) is 0. The van der Waals surface area contributed by atoms with Gasteiger partial charge in [0.25, 0.3) is 0 Å². The Morgan fingerprint density at radius 1 is 0.968 bits per heavy atom. The van der Waals surface area contributed by atoms with E-state index < -0.39 is 0 Å². The van der Waals surface area contributed by atoms with Gasteiger partial charge in [-0.3, -0.25) is 4.98 Å². The van der Waals surface area contributed by atoms with Crippen molar-refractivity contribution >= 4 is 21.8 Å². The molecule has 1 aromatic carbocycles. The largest absolute Gasteiger partial charge is 0.341 e. The number of nitrogens with zero attached hydrogens (tertiary/aromatic N) is 2. The van der Waals surface area contributed by atoms with Gasteiger partial charge < -0.3 is 4.57 Å². The van der Waals surface area contributed by atoms with E-state index in [1.807, 2.05) is 6.20 Å². The van der Waals surface area contributed by atoms with Gasteiger partial charge >= 0.3 is 0 Å². The van der Waals surface area contributed by atoms with E-state index in [0.717, 1.165) is 6.54 Å². The SMILES string of the molecule is CCCCC(C)C(CC(C)(CC)CCCC)c1ccc2c(c1)c1cnccc1n2CC. The molecular weight excluding hydrogens is 376 g/mol. The number of aromatic nitrogens is 2. The van der Waals surface area contributed by atoms with E-state index in [2.05, 4.69) is 81.6 Å². The zero-order valence-corrected chi connectivity index (χ0v) is 20.9. The highest BCUT2D eigenvalue weighted by Gasteiger charge is 2.30. The fourth-order valence-corrected chi connectivity index (χ4v) is 5.47. The van der Waals surface area contributed by atoms with Crippen LogP contribution in [0, 0.1) is 11.3 Å². The summed E-state index contributed by atoms with van der Waals surface area (Å²) in [5.41, 5.74) is 4.61. The van der Waals surface area contributed by atoms with Gasteiger partial charge in [0, 0.05) is 35.2 Å². The Balaban J connectivity index is 2.06. The first-order valence-electron chi connectivity index (χ1n) is 12.8. The predicted octanol–water partition coefficient (Wildman–Crippen LogP) is 9.12. The maximum Gasteiger partial charge on any atom is 0.0522 e. The summed E-state index contributed by atoms with van der Waals surface area (Å²) in [6.07, 6.45) is 14.5. The summed E-state index contributed by atoms with van der Waals surface area (Å²) in [6.45, 7) is 15.3. The highest BCUT2D eigenvalue weighted by atomic mass is 15.0. The van der Waals surface area contributed by atoms with Gasteiger partial charge in [0.15, 0.2) is 0 Å². The molecule has 0 N–H and O–H groups in total. The smallest absolute Gasteiger partial charge is 0.0522 e. The summed E-state index contributed by atoms with van der Waals surface area (Å²) >= 11 is 0. The lowest BCUT2D eigenvalue weighted by Gasteiger charge is -2.36. The third kappa shape index (κ3) is 5.16. The summed E-state index contributed by atoms with van der Waals surface area (Å²) in [7, 11) is 0. The van der Waals surface area contributed by atoms with E-state index in [0.29, 0.717) is 17.3 Å². The molecule has 2 nitrogen and oxygen atoms in total. The van der Waals surface area contributed by atoms with Crippen LogP contribution in [-0.4, -0.2) is 9.55 Å². The molecule has 3 rings (SSSR count). The number of benzene rings is 1. The molecule has 3 aromatic rings. The lowest BCUT2D eigenvalue weighted by atomic mass is 9.69. The van der Waals surface area contributed by atoms with Crippen molar-refractivity contribution in [2.24, 2.45) is 11.3 Å². The van der Waals surface area contributed by atoms with Gasteiger partial charge in [-0.05, 0) is 60.8 Å². The van der Waals surface area contributed by atoms with Crippen LogP contribution in [0.4, 0.5) is 0 Å². The number of unbranched alkanes of at least 4 members (excludes halogenated alkanes) is 2. The van der Waals surface area contributed by atoms with Gasteiger partial charge in [0.2, 0.25) is 0 Å². The maximum atomic E-state index is 4.45. The van der Waals surface area contributed by atoms with Gasteiger partial charge in [-0.1, -0.05) is 79.2 Å². The van der Waals surface area contributed by atoms with Crippen LogP contribution >= 0.6 is 0 Å². The second kappa shape index (κ2) is 10.7. The van der Waals surface area contributed by atoms with Crippen molar-refractivity contribution < 1.29 is 0 Å². The Bertz CT molecular complexity index is 969. The Kier molecular flexibility index (Phi) is 8.19.